The number of para-hydroxylation sites is 1. The fourth-order valence-electron chi connectivity index (χ4n) is 4.54. The summed E-state index contributed by atoms with van der Waals surface area (Å²) in [5, 5.41) is 6.07. The number of alkyl halides is 2. The fraction of sp³-hybridized carbons (Fsp3) is 0.250. The van der Waals surface area contributed by atoms with E-state index in [2.05, 4.69) is 30.3 Å². The van der Waals surface area contributed by atoms with Crippen LogP contribution in [0.5, 0.6) is 11.5 Å². The predicted molar refractivity (Wildman–Crippen MR) is 142 cm³/mol. The number of aromatic amines is 1. The molecule has 0 saturated carbocycles. The van der Waals surface area contributed by atoms with E-state index in [0.717, 1.165) is 15.8 Å². The van der Waals surface area contributed by atoms with E-state index in [9.17, 15) is 23.2 Å². The van der Waals surface area contributed by atoms with Crippen molar-refractivity contribution in [2.75, 3.05) is 13.1 Å². The number of H-pyrrole nitrogens is 1. The van der Waals surface area contributed by atoms with E-state index >= 15 is 0 Å². The molecule has 3 aromatic heterocycles. The molecule has 3 N–H and O–H groups in total. The predicted octanol–water partition coefficient (Wildman–Crippen LogP) is 3.01. The van der Waals surface area contributed by atoms with E-state index < -0.39 is 43.0 Å². The van der Waals surface area contributed by atoms with Gasteiger partial charge in [-0.25, -0.2) is 4.98 Å². The maximum absolute atomic E-state index is 13.0. The van der Waals surface area contributed by atoms with Gasteiger partial charge in [-0.15, -0.1) is 0 Å². The monoisotopic (exact) mass is 564 g/mol. The van der Waals surface area contributed by atoms with Gasteiger partial charge in [0, 0.05) is 42.0 Å². The molecule has 5 rings (SSSR count). The Morgan fingerprint density at radius 2 is 1.88 bits per heavy atom. The van der Waals surface area contributed by atoms with Crippen LogP contribution in [-0.4, -0.2) is 69.4 Å². The number of nitrogens with zero attached hydrogens (tertiary/aromatic N) is 3. The van der Waals surface area contributed by atoms with Crippen molar-refractivity contribution in [3.05, 3.63) is 84.6 Å². The minimum atomic E-state index is -3.06. The molecule has 0 spiro atoms. The Morgan fingerprint density at radius 3 is 2.61 bits per heavy atom. The van der Waals surface area contributed by atoms with Crippen molar-refractivity contribution in [1.29, 1.82) is 0 Å². The SMILES string of the molecule is O=C(NCC(=O)N1C[C@H](OC(F)F)C[C@H]1C(=O)NCc1cc2cnccc2[nH]1)c1ccc(Oc2ccccc2)cn1. The molecule has 0 aliphatic carbocycles. The van der Waals surface area contributed by atoms with Crippen LogP contribution in [0, 0.1) is 0 Å². The van der Waals surface area contributed by atoms with Crippen LogP contribution in [0.25, 0.3) is 10.9 Å². The second-order valence-corrected chi connectivity index (χ2v) is 9.27. The summed E-state index contributed by atoms with van der Waals surface area (Å²) in [6.45, 7) is -3.63. The summed E-state index contributed by atoms with van der Waals surface area (Å²) in [6, 6.07) is 14.6. The summed E-state index contributed by atoms with van der Waals surface area (Å²) in [5.41, 5.74) is 1.59. The summed E-state index contributed by atoms with van der Waals surface area (Å²) in [6.07, 6.45) is 3.54. The quantitative estimate of drug-likeness (QED) is 0.269. The average Bonchev–Trinajstić information content (AvgIpc) is 3.59. The standard InChI is InChI=1S/C28H26F2N6O5/c29-28(30)41-21-11-24(27(39)33-13-18-10-17-12-31-9-8-22(17)35-18)36(16-21)25(37)15-34-26(38)23-7-6-20(14-32-23)40-19-4-2-1-3-5-19/h1-10,12,14,21,24,28,35H,11,13,15-16H2,(H,33,39)(H,34,38)/t21-,24+/m1/s1. The molecule has 11 nitrogen and oxygen atoms in total. The van der Waals surface area contributed by atoms with Gasteiger partial charge < -0.3 is 30.0 Å². The molecule has 212 valence electrons. The first-order valence-electron chi connectivity index (χ1n) is 12.8. The summed E-state index contributed by atoms with van der Waals surface area (Å²) in [7, 11) is 0. The van der Waals surface area contributed by atoms with Gasteiger partial charge >= 0.3 is 6.61 Å². The van der Waals surface area contributed by atoms with E-state index in [1.807, 2.05) is 24.3 Å². The summed E-state index contributed by atoms with van der Waals surface area (Å²) in [5.74, 6) is -0.756. The number of benzene rings is 1. The zero-order chi connectivity index (χ0) is 28.8. The lowest BCUT2D eigenvalue weighted by atomic mass is 10.2. The topological polar surface area (TPSA) is 139 Å². The Kier molecular flexibility index (Phi) is 8.44. The van der Waals surface area contributed by atoms with Crippen molar-refractivity contribution in [2.24, 2.45) is 0 Å². The highest BCUT2D eigenvalue weighted by atomic mass is 19.3. The molecule has 0 bridgehead atoms. The number of aromatic nitrogens is 3. The van der Waals surface area contributed by atoms with Crippen molar-refractivity contribution < 1.29 is 32.6 Å². The summed E-state index contributed by atoms with van der Waals surface area (Å²) >= 11 is 0. The molecule has 1 saturated heterocycles. The maximum atomic E-state index is 13.0. The van der Waals surface area contributed by atoms with E-state index in [-0.39, 0.29) is 25.2 Å². The minimum absolute atomic E-state index is 0.0429. The zero-order valence-electron chi connectivity index (χ0n) is 21.6. The molecule has 1 fully saturated rings. The number of hydrogen-bond donors (Lipinski definition) is 3. The lowest BCUT2D eigenvalue weighted by molar-refractivity contribution is -0.160. The summed E-state index contributed by atoms with van der Waals surface area (Å²) < 4.78 is 36.0. The van der Waals surface area contributed by atoms with Crippen LogP contribution in [0.15, 0.2) is 73.2 Å². The number of likely N-dealkylation sites (tertiary alicyclic amines) is 1. The normalized spacial score (nSPS) is 16.6. The molecule has 4 heterocycles. The molecular formula is C28H26F2N6O5. The largest absolute Gasteiger partial charge is 0.456 e. The number of nitrogens with one attached hydrogen (secondary N) is 3. The molecule has 0 radical (unpaired) electrons. The highest BCUT2D eigenvalue weighted by molar-refractivity contribution is 5.96. The number of ether oxygens (including phenoxy) is 2. The van der Waals surface area contributed by atoms with Crippen molar-refractivity contribution in [3.8, 4) is 11.5 Å². The van der Waals surface area contributed by atoms with Crippen molar-refractivity contribution >= 4 is 28.6 Å². The van der Waals surface area contributed by atoms with Gasteiger partial charge in [-0.3, -0.25) is 19.4 Å². The number of halogens is 2. The molecule has 1 aliphatic heterocycles. The average molecular weight is 565 g/mol. The molecule has 1 aliphatic rings. The molecule has 4 aromatic rings. The van der Waals surface area contributed by atoms with Crippen LogP contribution >= 0.6 is 0 Å². The van der Waals surface area contributed by atoms with E-state index in [4.69, 9.17) is 4.74 Å². The number of rotatable bonds is 10. The van der Waals surface area contributed by atoms with Gasteiger partial charge in [0.1, 0.15) is 23.2 Å². The van der Waals surface area contributed by atoms with Crippen LogP contribution < -0.4 is 15.4 Å². The van der Waals surface area contributed by atoms with Gasteiger partial charge in [-0.1, -0.05) is 18.2 Å². The first-order valence-corrected chi connectivity index (χ1v) is 12.8. The Bertz CT molecular complexity index is 1480. The minimum Gasteiger partial charge on any atom is -0.456 e. The first-order chi connectivity index (χ1) is 19.9. The van der Waals surface area contributed by atoms with Gasteiger partial charge in [-0.2, -0.15) is 8.78 Å². The molecule has 1 aromatic carbocycles. The molecule has 13 heteroatoms. The number of pyridine rings is 2. The molecule has 3 amide bonds. The fourth-order valence-corrected chi connectivity index (χ4v) is 4.54. The third-order valence-electron chi connectivity index (χ3n) is 6.46. The number of hydrogen-bond acceptors (Lipinski definition) is 7. The number of carbonyl (C=O) groups is 3. The zero-order valence-corrected chi connectivity index (χ0v) is 21.6. The van der Waals surface area contributed by atoms with Crippen molar-refractivity contribution in [3.63, 3.8) is 0 Å². The third kappa shape index (κ3) is 7.00. The van der Waals surface area contributed by atoms with Gasteiger partial charge in [-0.05, 0) is 36.4 Å². The van der Waals surface area contributed by atoms with Gasteiger partial charge in [0.15, 0.2) is 0 Å². The lowest BCUT2D eigenvalue weighted by Gasteiger charge is -2.23. The second-order valence-electron chi connectivity index (χ2n) is 9.27. The van der Waals surface area contributed by atoms with E-state index in [1.54, 1.807) is 36.7 Å². The second kappa shape index (κ2) is 12.5. The Balaban J connectivity index is 1.18. The van der Waals surface area contributed by atoms with Gasteiger partial charge in [0.2, 0.25) is 11.8 Å². The Labute approximate surface area is 232 Å². The summed E-state index contributed by atoms with van der Waals surface area (Å²) in [4.78, 5) is 51.0. The molecular weight excluding hydrogens is 538 g/mol. The van der Waals surface area contributed by atoms with Crippen molar-refractivity contribution in [2.45, 2.75) is 31.7 Å². The number of carbonyl (C=O) groups excluding carboxylic acids is 3. The van der Waals surface area contributed by atoms with Gasteiger partial charge in [0.25, 0.3) is 5.91 Å². The molecule has 2 atom stereocenters. The van der Waals surface area contributed by atoms with Crippen LogP contribution in [0.1, 0.15) is 22.6 Å². The number of amides is 3. The van der Waals surface area contributed by atoms with Crippen LogP contribution in [0.3, 0.4) is 0 Å². The Morgan fingerprint density at radius 1 is 1.05 bits per heavy atom. The third-order valence-corrected chi connectivity index (χ3v) is 6.46. The highest BCUT2D eigenvalue weighted by Gasteiger charge is 2.41. The molecule has 41 heavy (non-hydrogen) atoms. The first kappa shape index (κ1) is 27.6. The van der Waals surface area contributed by atoms with Crippen LogP contribution in [0.4, 0.5) is 8.78 Å². The van der Waals surface area contributed by atoms with E-state index in [0.29, 0.717) is 17.2 Å². The smallest absolute Gasteiger partial charge is 0.345 e. The van der Waals surface area contributed by atoms with Crippen LogP contribution in [-0.2, 0) is 20.9 Å². The lowest BCUT2D eigenvalue weighted by Crippen LogP contribution is -2.49. The van der Waals surface area contributed by atoms with Crippen LogP contribution in [0.2, 0.25) is 0 Å². The van der Waals surface area contributed by atoms with Crippen molar-refractivity contribution in [1.82, 2.24) is 30.5 Å². The maximum Gasteiger partial charge on any atom is 0.345 e. The Hall–Kier alpha value is -4.91. The highest BCUT2D eigenvalue weighted by Crippen LogP contribution is 2.23. The number of fused-ring (bicyclic) bond motifs is 1. The molecule has 0 unspecified atom stereocenters. The van der Waals surface area contributed by atoms with Gasteiger partial charge in [0.05, 0.1) is 25.4 Å². The van der Waals surface area contributed by atoms with E-state index in [1.165, 1.54) is 12.3 Å².